The van der Waals surface area contributed by atoms with E-state index < -0.39 is 16.8 Å². The number of amides is 1. The van der Waals surface area contributed by atoms with E-state index in [9.17, 15) is 19.7 Å². The molecule has 0 unspecified atom stereocenters. The van der Waals surface area contributed by atoms with Gasteiger partial charge in [0.1, 0.15) is 12.2 Å². The minimum Gasteiger partial charge on any atom is -0.478 e. The van der Waals surface area contributed by atoms with Crippen molar-refractivity contribution in [1.29, 1.82) is 0 Å². The number of nitrogens with one attached hydrogen (secondary N) is 1. The second-order valence-electron chi connectivity index (χ2n) is 4.56. The molecule has 9 nitrogen and oxygen atoms in total. The average Bonchev–Trinajstić information content (AvgIpc) is 2.89. The lowest BCUT2D eigenvalue weighted by molar-refractivity contribution is -0.384. The van der Waals surface area contributed by atoms with Crippen molar-refractivity contribution in [2.75, 3.05) is 5.32 Å². The molecule has 0 spiro atoms. The van der Waals surface area contributed by atoms with Gasteiger partial charge in [-0.3, -0.25) is 19.6 Å². The maximum atomic E-state index is 11.9. The molecule has 0 saturated carbocycles. The van der Waals surface area contributed by atoms with Gasteiger partial charge in [0.2, 0.25) is 5.91 Å². The minimum absolute atomic E-state index is 0.0471. The molecule has 1 aromatic carbocycles. The first-order valence-corrected chi connectivity index (χ1v) is 6.17. The van der Waals surface area contributed by atoms with Crippen molar-refractivity contribution < 1.29 is 19.6 Å². The van der Waals surface area contributed by atoms with Gasteiger partial charge in [0, 0.05) is 12.3 Å². The molecule has 2 rings (SSSR count). The number of nitro groups is 1. The molecule has 0 radical (unpaired) electrons. The third kappa shape index (κ3) is 3.45. The van der Waals surface area contributed by atoms with E-state index in [-0.39, 0.29) is 23.5 Å². The van der Waals surface area contributed by atoms with E-state index in [1.54, 1.807) is 13.0 Å². The van der Waals surface area contributed by atoms with Gasteiger partial charge >= 0.3 is 5.97 Å². The molecule has 114 valence electrons. The van der Waals surface area contributed by atoms with Crippen molar-refractivity contribution >= 4 is 23.3 Å². The van der Waals surface area contributed by atoms with E-state index >= 15 is 0 Å². The lowest BCUT2D eigenvalue weighted by Gasteiger charge is -2.06. The summed E-state index contributed by atoms with van der Waals surface area (Å²) >= 11 is 0. The zero-order valence-corrected chi connectivity index (χ0v) is 11.5. The lowest BCUT2D eigenvalue weighted by Crippen LogP contribution is -2.19. The Labute approximate surface area is 124 Å². The Balaban J connectivity index is 2.12. The number of nitrogens with zero attached hydrogens (tertiary/aromatic N) is 3. The van der Waals surface area contributed by atoms with Crippen LogP contribution in [0.1, 0.15) is 15.9 Å². The fourth-order valence-electron chi connectivity index (χ4n) is 1.80. The van der Waals surface area contributed by atoms with Gasteiger partial charge in [-0.25, -0.2) is 4.79 Å². The van der Waals surface area contributed by atoms with Crippen molar-refractivity contribution in [2.45, 2.75) is 13.5 Å². The third-order valence-corrected chi connectivity index (χ3v) is 2.81. The molecule has 1 heterocycles. The molecule has 0 fully saturated rings. The molecule has 0 saturated heterocycles. The highest BCUT2D eigenvalue weighted by atomic mass is 16.6. The standard InChI is InChI=1S/C13H12N4O5/c1-8-2-3-10(11(4-8)17(21)22)15-12(18)7-16-6-9(5-14-16)13(19)20/h2-6H,7H2,1H3,(H,15,18)(H,19,20). The van der Waals surface area contributed by atoms with Gasteiger partial charge in [0.25, 0.3) is 5.69 Å². The maximum absolute atomic E-state index is 11.9. The Hall–Kier alpha value is -3.23. The quantitative estimate of drug-likeness (QED) is 0.635. The number of hydrogen-bond acceptors (Lipinski definition) is 5. The number of anilines is 1. The SMILES string of the molecule is Cc1ccc(NC(=O)Cn2cc(C(=O)O)cn2)c([N+](=O)[O-])c1. The molecule has 0 aliphatic rings. The van der Waals surface area contributed by atoms with Crippen LogP contribution in [-0.2, 0) is 11.3 Å². The highest BCUT2D eigenvalue weighted by molar-refractivity contribution is 5.93. The van der Waals surface area contributed by atoms with Crippen LogP contribution in [0.3, 0.4) is 0 Å². The van der Waals surface area contributed by atoms with E-state index in [1.807, 2.05) is 0 Å². The van der Waals surface area contributed by atoms with E-state index in [0.29, 0.717) is 5.56 Å². The largest absolute Gasteiger partial charge is 0.478 e. The maximum Gasteiger partial charge on any atom is 0.338 e. The summed E-state index contributed by atoms with van der Waals surface area (Å²) in [5.74, 6) is -1.70. The number of aromatic nitrogens is 2. The van der Waals surface area contributed by atoms with Gasteiger partial charge in [0.05, 0.1) is 16.7 Å². The predicted octanol–water partition coefficient (Wildman–Crippen LogP) is 1.44. The smallest absolute Gasteiger partial charge is 0.338 e. The number of carboxylic acid groups (broad SMARTS) is 1. The Morgan fingerprint density at radius 2 is 2.18 bits per heavy atom. The molecular formula is C13H12N4O5. The van der Waals surface area contributed by atoms with Crippen molar-refractivity contribution in [3.8, 4) is 0 Å². The molecule has 0 bridgehead atoms. The second-order valence-corrected chi connectivity index (χ2v) is 4.56. The van der Waals surface area contributed by atoms with Crippen LogP contribution in [0.4, 0.5) is 11.4 Å². The number of nitro benzene ring substituents is 1. The molecular weight excluding hydrogens is 292 g/mol. The Bertz CT molecular complexity index is 753. The van der Waals surface area contributed by atoms with Crippen LogP contribution in [-0.4, -0.2) is 31.7 Å². The minimum atomic E-state index is -1.15. The summed E-state index contributed by atoms with van der Waals surface area (Å²) in [5, 5.41) is 25.9. The van der Waals surface area contributed by atoms with E-state index in [0.717, 1.165) is 10.9 Å². The van der Waals surface area contributed by atoms with Gasteiger partial charge in [-0.05, 0) is 18.6 Å². The number of hydrogen-bond donors (Lipinski definition) is 2. The zero-order valence-electron chi connectivity index (χ0n) is 11.5. The number of rotatable bonds is 5. The van der Waals surface area contributed by atoms with Crippen LogP contribution in [0.5, 0.6) is 0 Å². The molecule has 0 aliphatic heterocycles. The fraction of sp³-hybridized carbons (Fsp3) is 0.154. The molecule has 0 atom stereocenters. The number of benzene rings is 1. The molecule has 1 amide bonds. The van der Waals surface area contributed by atoms with Crippen LogP contribution in [0.25, 0.3) is 0 Å². The van der Waals surface area contributed by atoms with E-state index in [2.05, 4.69) is 10.4 Å². The summed E-state index contributed by atoms with van der Waals surface area (Å²) in [6.45, 7) is 1.45. The van der Waals surface area contributed by atoms with E-state index in [4.69, 9.17) is 5.11 Å². The number of carboxylic acids is 1. The Morgan fingerprint density at radius 3 is 2.77 bits per heavy atom. The monoisotopic (exact) mass is 304 g/mol. The van der Waals surface area contributed by atoms with Gasteiger partial charge in [-0.1, -0.05) is 6.07 Å². The van der Waals surface area contributed by atoms with Crippen molar-refractivity contribution in [2.24, 2.45) is 0 Å². The van der Waals surface area contributed by atoms with Crippen molar-refractivity contribution in [1.82, 2.24) is 9.78 Å². The summed E-state index contributed by atoms with van der Waals surface area (Å²) in [6, 6.07) is 4.43. The van der Waals surface area contributed by atoms with Crippen LogP contribution in [0.15, 0.2) is 30.6 Å². The van der Waals surface area contributed by atoms with Crippen LogP contribution in [0, 0.1) is 17.0 Å². The first kappa shape index (κ1) is 15.2. The predicted molar refractivity (Wildman–Crippen MR) is 75.6 cm³/mol. The van der Waals surface area contributed by atoms with Crippen LogP contribution >= 0.6 is 0 Å². The highest BCUT2D eigenvalue weighted by Crippen LogP contribution is 2.25. The first-order valence-electron chi connectivity index (χ1n) is 6.17. The normalized spacial score (nSPS) is 10.2. The lowest BCUT2D eigenvalue weighted by atomic mass is 10.2. The second kappa shape index (κ2) is 6.04. The number of carbonyl (C=O) groups excluding carboxylic acids is 1. The Morgan fingerprint density at radius 1 is 1.45 bits per heavy atom. The molecule has 1 aromatic heterocycles. The van der Waals surface area contributed by atoms with Crippen LogP contribution in [0.2, 0.25) is 0 Å². The van der Waals surface area contributed by atoms with Gasteiger partial charge in [-0.15, -0.1) is 0 Å². The summed E-state index contributed by atoms with van der Waals surface area (Å²) in [5.41, 5.74) is 0.517. The summed E-state index contributed by atoms with van der Waals surface area (Å²) < 4.78 is 1.14. The van der Waals surface area contributed by atoms with Crippen molar-refractivity contribution in [3.05, 3.63) is 51.8 Å². The van der Waals surface area contributed by atoms with Gasteiger partial charge < -0.3 is 10.4 Å². The van der Waals surface area contributed by atoms with Gasteiger partial charge in [-0.2, -0.15) is 5.10 Å². The zero-order chi connectivity index (χ0) is 16.3. The van der Waals surface area contributed by atoms with E-state index in [1.165, 1.54) is 18.3 Å². The third-order valence-electron chi connectivity index (χ3n) is 2.81. The van der Waals surface area contributed by atoms with Crippen molar-refractivity contribution in [3.63, 3.8) is 0 Å². The summed E-state index contributed by atoms with van der Waals surface area (Å²) in [6.07, 6.45) is 2.31. The highest BCUT2D eigenvalue weighted by Gasteiger charge is 2.16. The molecule has 2 N–H and O–H groups in total. The van der Waals surface area contributed by atoms with Gasteiger partial charge in [0.15, 0.2) is 0 Å². The Kier molecular flexibility index (Phi) is 4.16. The number of aryl methyl sites for hydroxylation is 1. The average molecular weight is 304 g/mol. The summed E-state index contributed by atoms with van der Waals surface area (Å²) in [7, 11) is 0. The van der Waals surface area contributed by atoms with Crippen LogP contribution < -0.4 is 5.32 Å². The fourth-order valence-corrected chi connectivity index (χ4v) is 1.80. The number of aromatic carboxylic acids is 1. The number of carbonyl (C=O) groups is 2. The summed E-state index contributed by atoms with van der Waals surface area (Å²) in [4.78, 5) is 33.0. The first-order chi connectivity index (χ1) is 10.4. The molecule has 9 heteroatoms. The molecule has 0 aliphatic carbocycles. The topological polar surface area (TPSA) is 127 Å². The molecule has 22 heavy (non-hydrogen) atoms. The molecule has 2 aromatic rings.